The van der Waals surface area contributed by atoms with Crippen molar-refractivity contribution in [1.29, 1.82) is 0 Å². The average molecular weight is 442 g/mol. The van der Waals surface area contributed by atoms with Crippen LogP contribution in [0.1, 0.15) is 88.5 Å². The summed E-state index contributed by atoms with van der Waals surface area (Å²) in [5.74, 6) is -0.663. The van der Waals surface area contributed by atoms with Crippen molar-refractivity contribution in [2.75, 3.05) is 7.05 Å². The minimum atomic E-state index is -1.65. The summed E-state index contributed by atoms with van der Waals surface area (Å²) in [4.78, 5) is 26.7. The van der Waals surface area contributed by atoms with E-state index < -0.39 is 28.9 Å². The molecule has 1 aliphatic rings. The van der Waals surface area contributed by atoms with Crippen molar-refractivity contribution in [2.45, 2.75) is 123 Å². The molecule has 0 spiro atoms. The van der Waals surface area contributed by atoms with Gasteiger partial charge in [-0.2, -0.15) is 0 Å². The van der Waals surface area contributed by atoms with E-state index in [-0.39, 0.29) is 24.7 Å². The first-order valence-electron chi connectivity index (χ1n) is 11.0. The lowest BCUT2D eigenvalue weighted by molar-refractivity contribution is -0.169. The van der Waals surface area contributed by atoms with Crippen LogP contribution < -0.4 is 5.73 Å². The maximum Gasteiger partial charge on any atom is 0.457 e. The fourth-order valence-electron chi connectivity index (χ4n) is 3.05. The van der Waals surface area contributed by atoms with E-state index in [1.807, 2.05) is 27.7 Å². The zero-order valence-electron chi connectivity index (χ0n) is 21.4. The standard InChI is InChI=1S/C22H43BN2O6/c1-18(2,3)28-16(26)22(24,25(11)17(27)29-19(4,5)6)14-12-13-15-23-30-20(7,8)21(9,10)31-23/h12-15,24H2,1-11H3. The molecule has 1 atom stereocenters. The van der Waals surface area contributed by atoms with Crippen molar-refractivity contribution < 1.29 is 28.4 Å². The molecule has 1 heterocycles. The molecule has 0 radical (unpaired) electrons. The van der Waals surface area contributed by atoms with Crippen LogP contribution in [0.25, 0.3) is 0 Å². The van der Waals surface area contributed by atoms with Gasteiger partial charge >= 0.3 is 19.2 Å². The Bertz CT molecular complexity index is 637. The van der Waals surface area contributed by atoms with E-state index >= 15 is 0 Å². The number of hydrogen-bond donors (Lipinski definition) is 1. The van der Waals surface area contributed by atoms with Crippen molar-refractivity contribution >= 4 is 19.2 Å². The van der Waals surface area contributed by atoms with Crippen LogP contribution in [0.2, 0.25) is 6.32 Å². The number of rotatable bonds is 7. The van der Waals surface area contributed by atoms with Gasteiger partial charge in [0.1, 0.15) is 11.2 Å². The minimum absolute atomic E-state index is 0.219. The van der Waals surface area contributed by atoms with Crippen LogP contribution in [0.4, 0.5) is 4.79 Å². The molecule has 0 aliphatic carbocycles. The number of nitrogens with two attached hydrogens (primary N) is 1. The fraction of sp³-hybridized carbons (Fsp3) is 0.909. The summed E-state index contributed by atoms with van der Waals surface area (Å²) >= 11 is 0. The molecule has 8 nitrogen and oxygen atoms in total. The molecule has 0 bridgehead atoms. The zero-order valence-corrected chi connectivity index (χ0v) is 21.4. The summed E-state index contributed by atoms with van der Waals surface area (Å²) in [6.07, 6.45) is 1.49. The lowest BCUT2D eigenvalue weighted by Gasteiger charge is -2.38. The molecule has 1 unspecified atom stereocenters. The van der Waals surface area contributed by atoms with Gasteiger partial charge in [-0.1, -0.05) is 6.42 Å². The van der Waals surface area contributed by atoms with Gasteiger partial charge in [-0.15, -0.1) is 0 Å². The predicted octanol–water partition coefficient (Wildman–Crippen LogP) is 4.11. The third-order valence-electron chi connectivity index (χ3n) is 5.57. The normalized spacial score (nSPS) is 20.2. The van der Waals surface area contributed by atoms with Gasteiger partial charge in [0.2, 0.25) is 0 Å². The summed E-state index contributed by atoms with van der Waals surface area (Å²) in [6, 6.07) is 0. The lowest BCUT2D eigenvalue weighted by Crippen LogP contribution is -2.64. The number of esters is 1. The van der Waals surface area contributed by atoms with Crippen LogP contribution in [-0.2, 0) is 23.6 Å². The number of hydrogen-bond acceptors (Lipinski definition) is 7. The zero-order chi connectivity index (χ0) is 24.5. The summed E-state index contributed by atoms with van der Waals surface area (Å²) < 4.78 is 23.0. The molecule has 0 aromatic carbocycles. The molecule has 0 saturated carbocycles. The number of amides is 1. The maximum atomic E-state index is 13.0. The molecule has 1 rings (SSSR count). The summed E-state index contributed by atoms with van der Waals surface area (Å²) in [6.45, 7) is 18.6. The largest absolute Gasteiger partial charge is 0.457 e. The second kappa shape index (κ2) is 9.28. The van der Waals surface area contributed by atoms with Crippen molar-refractivity contribution in [1.82, 2.24) is 4.90 Å². The van der Waals surface area contributed by atoms with Crippen LogP contribution in [0.15, 0.2) is 0 Å². The Hall–Kier alpha value is -1.32. The lowest BCUT2D eigenvalue weighted by atomic mass is 9.81. The third-order valence-corrected chi connectivity index (χ3v) is 5.57. The fourth-order valence-corrected chi connectivity index (χ4v) is 3.05. The highest BCUT2D eigenvalue weighted by atomic mass is 16.7. The molecule has 1 aliphatic heterocycles. The summed E-state index contributed by atoms with van der Waals surface area (Å²) in [7, 11) is 1.15. The van der Waals surface area contributed by atoms with Gasteiger partial charge in [0, 0.05) is 7.05 Å². The molecular weight excluding hydrogens is 399 g/mol. The molecular formula is C22H43BN2O6. The number of carbonyl (C=O) groups is 2. The number of ether oxygens (including phenoxy) is 2. The molecule has 0 aromatic heterocycles. The Kier molecular flexibility index (Phi) is 8.29. The molecule has 1 saturated heterocycles. The number of nitrogens with zero attached hydrogens (tertiary/aromatic N) is 1. The topological polar surface area (TPSA) is 100 Å². The van der Waals surface area contributed by atoms with Gasteiger partial charge in [-0.25, -0.2) is 9.59 Å². The first kappa shape index (κ1) is 27.7. The highest BCUT2D eigenvalue weighted by Gasteiger charge is 2.51. The maximum absolute atomic E-state index is 13.0. The minimum Gasteiger partial charge on any atom is -0.457 e. The van der Waals surface area contributed by atoms with Crippen LogP contribution in [-0.4, -0.2) is 59.2 Å². The van der Waals surface area contributed by atoms with Gasteiger partial charge < -0.3 is 18.8 Å². The third kappa shape index (κ3) is 7.65. The van der Waals surface area contributed by atoms with Gasteiger partial charge in [0.25, 0.3) is 0 Å². The average Bonchev–Trinajstić information content (AvgIpc) is 2.74. The molecule has 1 amide bonds. The van der Waals surface area contributed by atoms with Gasteiger partial charge in [-0.3, -0.25) is 10.6 Å². The quantitative estimate of drug-likeness (QED) is 0.274. The van der Waals surface area contributed by atoms with Gasteiger partial charge in [0.15, 0.2) is 5.66 Å². The van der Waals surface area contributed by atoms with E-state index in [1.54, 1.807) is 41.5 Å². The van der Waals surface area contributed by atoms with E-state index in [9.17, 15) is 9.59 Å². The predicted molar refractivity (Wildman–Crippen MR) is 122 cm³/mol. The second-order valence-electron chi connectivity index (χ2n) is 11.4. The molecule has 180 valence electrons. The Morgan fingerprint density at radius 1 is 0.903 bits per heavy atom. The number of unbranched alkanes of at least 4 members (excludes halogenated alkanes) is 1. The van der Waals surface area contributed by atoms with Crippen molar-refractivity contribution in [3.05, 3.63) is 0 Å². The van der Waals surface area contributed by atoms with Gasteiger partial charge in [-0.05, 0) is 88.4 Å². The Balaban J connectivity index is 2.83. The highest BCUT2D eigenvalue weighted by Crippen LogP contribution is 2.38. The van der Waals surface area contributed by atoms with E-state index in [0.717, 1.165) is 4.90 Å². The van der Waals surface area contributed by atoms with Crippen molar-refractivity contribution in [3.63, 3.8) is 0 Å². The van der Waals surface area contributed by atoms with Crippen LogP contribution >= 0.6 is 0 Å². The van der Waals surface area contributed by atoms with E-state index in [0.29, 0.717) is 19.2 Å². The van der Waals surface area contributed by atoms with Gasteiger partial charge in [0.05, 0.1) is 11.2 Å². The first-order valence-corrected chi connectivity index (χ1v) is 11.0. The monoisotopic (exact) mass is 442 g/mol. The first-order chi connectivity index (χ1) is 13.7. The second-order valence-corrected chi connectivity index (χ2v) is 11.4. The molecule has 9 heteroatoms. The molecule has 0 aromatic rings. The summed E-state index contributed by atoms with van der Waals surface area (Å²) in [5.41, 5.74) is 2.61. The van der Waals surface area contributed by atoms with Crippen LogP contribution in [0.3, 0.4) is 0 Å². The Labute approximate surface area is 188 Å². The Morgan fingerprint density at radius 2 is 1.35 bits per heavy atom. The van der Waals surface area contributed by atoms with Crippen molar-refractivity contribution in [2.24, 2.45) is 5.73 Å². The Morgan fingerprint density at radius 3 is 1.77 bits per heavy atom. The molecule has 31 heavy (non-hydrogen) atoms. The van der Waals surface area contributed by atoms with E-state index in [2.05, 4.69) is 0 Å². The summed E-state index contributed by atoms with van der Waals surface area (Å²) in [5, 5.41) is 0. The van der Waals surface area contributed by atoms with Crippen LogP contribution in [0, 0.1) is 0 Å². The smallest absolute Gasteiger partial charge is 0.457 e. The SMILES string of the molecule is CN(C(=O)OC(C)(C)C)C(N)(CCCCB1OC(C)(C)C(C)(C)O1)C(=O)OC(C)(C)C. The van der Waals surface area contributed by atoms with Crippen molar-refractivity contribution in [3.8, 4) is 0 Å². The number of likely N-dealkylation sites (N-methyl/N-ethyl adjacent to an activating group) is 1. The van der Waals surface area contributed by atoms with Crippen LogP contribution in [0.5, 0.6) is 0 Å². The van der Waals surface area contributed by atoms with E-state index in [1.165, 1.54) is 7.05 Å². The molecule has 2 N–H and O–H groups in total. The highest BCUT2D eigenvalue weighted by molar-refractivity contribution is 6.45. The van der Waals surface area contributed by atoms with E-state index in [4.69, 9.17) is 24.5 Å². The molecule has 1 fully saturated rings. The number of carbonyl (C=O) groups excluding carboxylic acids is 2.